The number of fused-ring (bicyclic) bond motifs is 5. The van der Waals surface area contributed by atoms with Crippen LogP contribution in [0.25, 0.3) is 76.9 Å². The lowest BCUT2D eigenvalue weighted by Gasteiger charge is -2.28. The predicted octanol–water partition coefficient (Wildman–Crippen LogP) is 13.8. The van der Waals surface area contributed by atoms with Crippen molar-refractivity contribution < 1.29 is 4.42 Å². The van der Waals surface area contributed by atoms with Crippen LogP contribution in [0.4, 0.5) is 17.1 Å². The Morgan fingerprint density at radius 1 is 0.365 bits per heavy atom. The molecular weight excluding hydrogens is 633 g/mol. The Labute approximate surface area is 301 Å². The van der Waals surface area contributed by atoms with Crippen molar-refractivity contribution in [3.63, 3.8) is 0 Å². The topological polar surface area (TPSA) is 29.3 Å². The maximum atomic E-state index is 6.30. The Morgan fingerprint density at radius 2 is 1.04 bits per heavy atom. The van der Waals surface area contributed by atoms with E-state index in [1.807, 2.05) is 24.5 Å². The van der Waals surface area contributed by atoms with Gasteiger partial charge < -0.3 is 9.32 Å². The average Bonchev–Trinajstić information content (AvgIpc) is 3.58. The van der Waals surface area contributed by atoms with Gasteiger partial charge in [-0.05, 0) is 86.6 Å². The Bertz CT molecular complexity index is 2890. The molecule has 0 N–H and O–H groups in total. The van der Waals surface area contributed by atoms with Crippen LogP contribution in [-0.4, -0.2) is 4.98 Å². The molecule has 0 unspecified atom stereocenters. The van der Waals surface area contributed by atoms with Crippen molar-refractivity contribution in [3.8, 4) is 33.4 Å². The summed E-state index contributed by atoms with van der Waals surface area (Å²) in [6, 6.07) is 64.8. The number of hydrogen-bond donors (Lipinski definition) is 0. The van der Waals surface area contributed by atoms with Gasteiger partial charge in [-0.2, -0.15) is 0 Å². The summed E-state index contributed by atoms with van der Waals surface area (Å²) in [4.78, 5) is 7.16. The van der Waals surface area contributed by atoms with Gasteiger partial charge in [0.1, 0.15) is 11.2 Å². The fraction of sp³-hybridized carbons (Fsp3) is 0. The van der Waals surface area contributed by atoms with E-state index < -0.39 is 0 Å². The van der Waals surface area contributed by atoms with Crippen LogP contribution in [0.2, 0.25) is 0 Å². The Balaban J connectivity index is 1.24. The van der Waals surface area contributed by atoms with E-state index in [4.69, 9.17) is 9.40 Å². The number of furan rings is 1. The zero-order chi connectivity index (χ0) is 34.4. The first-order chi connectivity index (χ1) is 25.8. The van der Waals surface area contributed by atoms with Crippen molar-refractivity contribution in [1.82, 2.24) is 4.98 Å². The van der Waals surface area contributed by atoms with Crippen LogP contribution in [0, 0.1) is 0 Å². The van der Waals surface area contributed by atoms with Gasteiger partial charge in [0.25, 0.3) is 0 Å². The van der Waals surface area contributed by atoms with Crippen LogP contribution >= 0.6 is 0 Å². The molecule has 0 aliphatic carbocycles. The molecule has 244 valence electrons. The maximum Gasteiger partial charge on any atom is 0.136 e. The molecule has 3 nitrogen and oxygen atoms in total. The fourth-order valence-electron chi connectivity index (χ4n) is 7.64. The second-order valence-electron chi connectivity index (χ2n) is 13.2. The summed E-state index contributed by atoms with van der Waals surface area (Å²) in [6.07, 6.45) is 3.92. The molecule has 0 amide bonds. The second kappa shape index (κ2) is 12.4. The number of nitrogens with zero attached hydrogens (tertiary/aromatic N) is 2. The van der Waals surface area contributed by atoms with Gasteiger partial charge in [-0.1, -0.05) is 140 Å². The molecule has 0 atom stereocenters. The first-order valence-corrected chi connectivity index (χ1v) is 17.6. The number of aromatic nitrogens is 1. The highest BCUT2D eigenvalue weighted by Crippen LogP contribution is 2.45. The highest BCUT2D eigenvalue weighted by molar-refractivity contribution is 6.13. The van der Waals surface area contributed by atoms with E-state index in [0.29, 0.717) is 0 Å². The zero-order valence-corrected chi connectivity index (χ0v) is 28.3. The number of benzene rings is 8. The van der Waals surface area contributed by atoms with Crippen LogP contribution in [0.3, 0.4) is 0 Å². The minimum atomic E-state index is 0.858. The van der Waals surface area contributed by atoms with Gasteiger partial charge in [0.2, 0.25) is 0 Å². The number of hydrogen-bond acceptors (Lipinski definition) is 3. The molecule has 3 heteroatoms. The van der Waals surface area contributed by atoms with E-state index >= 15 is 0 Å². The molecule has 0 saturated carbocycles. The van der Waals surface area contributed by atoms with Crippen LogP contribution in [-0.2, 0) is 0 Å². The van der Waals surface area contributed by atoms with Gasteiger partial charge in [-0.25, -0.2) is 0 Å². The molecule has 0 saturated heterocycles. The largest absolute Gasteiger partial charge is 0.456 e. The molecule has 0 aliphatic heterocycles. The predicted molar refractivity (Wildman–Crippen MR) is 218 cm³/mol. The van der Waals surface area contributed by atoms with Crippen LogP contribution in [0.1, 0.15) is 0 Å². The van der Waals surface area contributed by atoms with Gasteiger partial charge in [0.05, 0.1) is 11.9 Å². The lowest BCUT2D eigenvalue weighted by molar-refractivity contribution is 0.669. The lowest BCUT2D eigenvalue weighted by atomic mass is 9.90. The molecule has 10 aromatic rings. The van der Waals surface area contributed by atoms with Crippen molar-refractivity contribution in [2.45, 2.75) is 0 Å². The molecule has 2 aromatic heterocycles. The molecule has 2 heterocycles. The first-order valence-electron chi connectivity index (χ1n) is 17.6. The van der Waals surface area contributed by atoms with Crippen molar-refractivity contribution in [3.05, 3.63) is 194 Å². The Morgan fingerprint density at radius 3 is 1.87 bits per heavy atom. The fourth-order valence-corrected chi connectivity index (χ4v) is 7.64. The van der Waals surface area contributed by atoms with E-state index in [9.17, 15) is 0 Å². The summed E-state index contributed by atoms with van der Waals surface area (Å²) < 4.78 is 6.30. The van der Waals surface area contributed by atoms with Gasteiger partial charge >= 0.3 is 0 Å². The van der Waals surface area contributed by atoms with Crippen LogP contribution in [0.5, 0.6) is 0 Å². The molecule has 0 fully saturated rings. The molecule has 0 bridgehead atoms. The van der Waals surface area contributed by atoms with Crippen molar-refractivity contribution in [2.75, 3.05) is 4.90 Å². The summed E-state index contributed by atoms with van der Waals surface area (Å²) in [5.74, 6) is 0. The zero-order valence-electron chi connectivity index (χ0n) is 28.3. The summed E-state index contributed by atoms with van der Waals surface area (Å²) >= 11 is 0. The Hall–Kier alpha value is -6.97. The van der Waals surface area contributed by atoms with Crippen molar-refractivity contribution in [2.24, 2.45) is 0 Å². The molecule has 0 radical (unpaired) electrons. The van der Waals surface area contributed by atoms with E-state index in [2.05, 4.69) is 175 Å². The standard InChI is InChI=1S/C49H32N2O/c1-3-12-33(13-4-1)34-22-24-38(25-23-34)51(47-32-50-31-37-28-49-46(30-44(37)47)43-19-9-10-21-48(43)52-49)39-26-27-41(35-14-5-2-6-15-35)45(29-39)42-20-11-17-36-16-7-8-18-40(36)42/h1-32H. The van der Waals surface area contributed by atoms with Gasteiger partial charge in [0.15, 0.2) is 0 Å². The van der Waals surface area contributed by atoms with Gasteiger partial charge in [0, 0.05) is 39.1 Å². The first kappa shape index (κ1) is 29.9. The van der Waals surface area contributed by atoms with Crippen LogP contribution in [0.15, 0.2) is 199 Å². The number of rotatable bonds is 6. The highest BCUT2D eigenvalue weighted by Gasteiger charge is 2.21. The van der Waals surface area contributed by atoms with Gasteiger partial charge in [-0.15, -0.1) is 0 Å². The monoisotopic (exact) mass is 664 g/mol. The average molecular weight is 665 g/mol. The summed E-state index contributed by atoms with van der Waals surface area (Å²) in [7, 11) is 0. The summed E-state index contributed by atoms with van der Waals surface area (Å²) in [6.45, 7) is 0. The Kier molecular flexibility index (Phi) is 7.14. The normalized spacial score (nSPS) is 11.5. The number of anilines is 3. The molecule has 8 aromatic carbocycles. The third-order valence-electron chi connectivity index (χ3n) is 10.1. The SMILES string of the molecule is c1ccc(-c2ccc(N(c3ccc(-c4ccccc4)c(-c4cccc5ccccc45)c3)c3cncc4cc5oc6ccccc6c5cc34)cc2)cc1. The van der Waals surface area contributed by atoms with Crippen molar-refractivity contribution in [1.29, 1.82) is 0 Å². The third-order valence-corrected chi connectivity index (χ3v) is 10.1. The van der Waals surface area contributed by atoms with Crippen molar-refractivity contribution >= 4 is 60.5 Å². The summed E-state index contributed by atoms with van der Waals surface area (Å²) in [5, 5.41) is 6.74. The smallest absolute Gasteiger partial charge is 0.136 e. The molecule has 0 spiro atoms. The maximum absolute atomic E-state index is 6.30. The quantitative estimate of drug-likeness (QED) is 0.177. The molecule has 52 heavy (non-hydrogen) atoms. The third kappa shape index (κ3) is 5.10. The van der Waals surface area contributed by atoms with E-state index in [1.54, 1.807) is 0 Å². The van der Waals surface area contributed by atoms with E-state index in [1.165, 1.54) is 44.2 Å². The molecular formula is C49H32N2O. The lowest BCUT2D eigenvalue weighted by Crippen LogP contribution is -2.11. The number of pyridine rings is 1. The van der Waals surface area contributed by atoms with Gasteiger partial charge in [-0.3, -0.25) is 4.98 Å². The second-order valence-corrected chi connectivity index (χ2v) is 13.2. The minimum Gasteiger partial charge on any atom is -0.456 e. The number of para-hydroxylation sites is 1. The highest BCUT2D eigenvalue weighted by atomic mass is 16.3. The minimum absolute atomic E-state index is 0.858. The van der Waals surface area contributed by atoms with Crippen LogP contribution < -0.4 is 4.90 Å². The van der Waals surface area contributed by atoms with E-state index in [-0.39, 0.29) is 0 Å². The summed E-state index contributed by atoms with van der Waals surface area (Å²) in [5.41, 5.74) is 11.9. The molecule has 0 aliphatic rings. The van der Waals surface area contributed by atoms with E-state index in [0.717, 1.165) is 49.8 Å². The molecule has 10 rings (SSSR count).